The molecule has 0 fully saturated rings. The van der Waals surface area contributed by atoms with E-state index in [2.05, 4.69) is 0 Å². The summed E-state index contributed by atoms with van der Waals surface area (Å²) in [6.07, 6.45) is 0.825. The maximum Gasteiger partial charge on any atom is 0.271 e. The number of halogens is 1. The number of nitrogens with one attached hydrogen (secondary N) is 1. The number of nitro benzene ring substituents is 1. The molecule has 0 aromatic heterocycles. The van der Waals surface area contributed by atoms with E-state index in [-0.39, 0.29) is 5.69 Å². The van der Waals surface area contributed by atoms with Crippen LogP contribution in [0.1, 0.15) is 0 Å². The third-order valence-electron chi connectivity index (χ3n) is 1.46. The topological polar surface area (TPSA) is 89.3 Å². The Hall–Kier alpha value is -1.70. The first kappa shape index (κ1) is 11.4. The summed E-state index contributed by atoms with van der Waals surface area (Å²) in [5.74, 6) is -0.869. The molecule has 0 saturated heterocycles. The van der Waals surface area contributed by atoms with E-state index in [0.717, 1.165) is 24.5 Å². The summed E-state index contributed by atoms with van der Waals surface area (Å²) in [5.41, 5.74) is -0.825. The Labute approximate surface area is 84.9 Å². The molecule has 0 aliphatic heterocycles. The minimum absolute atomic E-state index is 0.387. The number of sulfonamides is 1. The van der Waals surface area contributed by atoms with Gasteiger partial charge in [-0.05, 0) is 6.07 Å². The van der Waals surface area contributed by atoms with Gasteiger partial charge in [-0.2, -0.15) is 0 Å². The summed E-state index contributed by atoms with van der Waals surface area (Å²) in [5, 5.41) is 10.3. The summed E-state index contributed by atoms with van der Waals surface area (Å²) in [6, 6.07) is 2.59. The highest BCUT2D eigenvalue weighted by Gasteiger charge is 2.13. The summed E-state index contributed by atoms with van der Waals surface area (Å²) in [7, 11) is -3.65. The molecule has 0 saturated carbocycles. The number of anilines is 1. The van der Waals surface area contributed by atoms with Gasteiger partial charge in [-0.1, -0.05) is 0 Å². The smallest absolute Gasteiger partial charge is 0.271 e. The fourth-order valence-corrected chi connectivity index (χ4v) is 1.46. The molecule has 0 bridgehead atoms. The van der Waals surface area contributed by atoms with Crippen molar-refractivity contribution in [3.63, 3.8) is 0 Å². The van der Waals surface area contributed by atoms with Crippen molar-refractivity contribution in [2.24, 2.45) is 0 Å². The summed E-state index contributed by atoms with van der Waals surface area (Å²) in [6.45, 7) is 0. The third kappa shape index (κ3) is 3.17. The van der Waals surface area contributed by atoms with E-state index in [0.29, 0.717) is 0 Å². The monoisotopic (exact) mass is 234 g/mol. The lowest BCUT2D eigenvalue weighted by Gasteiger charge is -2.04. The van der Waals surface area contributed by atoms with Crippen molar-refractivity contribution < 1.29 is 17.7 Å². The van der Waals surface area contributed by atoms with Crippen LogP contribution >= 0.6 is 0 Å². The molecule has 0 aliphatic rings. The number of rotatable bonds is 3. The van der Waals surface area contributed by atoms with Gasteiger partial charge in [-0.25, -0.2) is 12.8 Å². The molecule has 1 aromatic rings. The first-order valence-electron chi connectivity index (χ1n) is 3.71. The zero-order chi connectivity index (χ0) is 11.6. The van der Waals surface area contributed by atoms with Crippen molar-refractivity contribution >= 4 is 21.4 Å². The Morgan fingerprint density at radius 3 is 2.53 bits per heavy atom. The standard InChI is InChI=1S/C7H7FN2O4S/c1-15(13,14)9-7-4-5(10(11)12)2-3-6(7)8/h2-4,9H,1H3. The molecule has 8 heteroatoms. The molecule has 0 spiro atoms. The van der Waals surface area contributed by atoms with Crippen LogP contribution < -0.4 is 4.72 Å². The highest BCUT2D eigenvalue weighted by molar-refractivity contribution is 7.92. The van der Waals surface area contributed by atoms with Gasteiger partial charge in [-0.3, -0.25) is 14.8 Å². The Morgan fingerprint density at radius 1 is 1.47 bits per heavy atom. The zero-order valence-corrected chi connectivity index (χ0v) is 8.41. The predicted molar refractivity (Wildman–Crippen MR) is 51.5 cm³/mol. The average Bonchev–Trinajstić information content (AvgIpc) is 2.06. The number of nitrogens with zero attached hydrogens (tertiary/aromatic N) is 1. The van der Waals surface area contributed by atoms with Crippen LogP contribution in [0.25, 0.3) is 0 Å². The third-order valence-corrected chi connectivity index (χ3v) is 2.05. The van der Waals surface area contributed by atoms with Gasteiger partial charge < -0.3 is 0 Å². The van der Waals surface area contributed by atoms with E-state index < -0.39 is 26.5 Å². The molecule has 0 unspecified atom stereocenters. The van der Waals surface area contributed by atoms with Crippen LogP contribution in [0.5, 0.6) is 0 Å². The Bertz CT molecular complexity index is 500. The van der Waals surface area contributed by atoms with Gasteiger partial charge in [0.05, 0.1) is 16.9 Å². The van der Waals surface area contributed by atoms with E-state index in [9.17, 15) is 22.9 Å². The predicted octanol–water partition coefficient (Wildman–Crippen LogP) is 1.11. The first-order chi connectivity index (χ1) is 6.79. The Morgan fingerprint density at radius 2 is 2.07 bits per heavy atom. The molecule has 15 heavy (non-hydrogen) atoms. The van der Waals surface area contributed by atoms with Crippen LogP contribution in [-0.2, 0) is 10.0 Å². The van der Waals surface area contributed by atoms with E-state index in [1.807, 2.05) is 4.72 Å². The van der Waals surface area contributed by atoms with Crippen LogP contribution in [0.15, 0.2) is 18.2 Å². The fraction of sp³-hybridized carbons (Fsp3) is 0.143. The van der Waals surface area contributed by atoms with Gasteiger partial charge in [-0.15, -0.1) is 0 Å². The van der Waals surface area contributed by atoms with Gasteiger partial charge in [0, 0.05) is 12.1 Å². The maximum absolute atomic E-state index is 13.0. The van der Waals surface area contributed by atoms with Crippen molar-refractivity contribution in [3.05, 3.63) is 34.1 Å². The van der Waals surface area contributed by atoms with Crippen LogP contribution in [0.4, 0.5) is 15.8 Å². The van der Waals surface area contributed by atoms with E-state index in [4.69, 9.17) is 0 Å². The average molecular weight is 234 g/mol. The number of benzene rings is 1. The largest absolute Gasteiger partial charge is 0.281 e. The van der Waals surface area contributed by atoms with Crippen molar-refractivity contribution in [2.75, 3.05) is 11.0 Å². The van der Waals surface area contributed by atoms with Crippen LogP contribution in [0.2, 0.25) is 0 Å². The normalized spacial score (nSPS) is 11.1. The molecule has 0 atom stereocenters. The highest BCUT2D eigenvalue weighted by Crippen LogP contribution is 2.21. The SMILES string of the molecule is CS(=O)(=O)Nc1cc([N+](=O)[O-])ccc1F. The second kappa shape index (κ2) is 3.81. The molecular formula is C7H7FN2O4S. The maximum atomic E-state index is 13.0. The van der Waals surface area contributed by atoms with Gasteiger partial charge in [0.1, 0.15) is 5.82 Å². The van der Waals surface area contributed by atoms with Crippen molar-refractivity contribution in [1.29, 1.82) is 0 Å². The molecule has 6 nitrogen and oxygen atoms in total. The number of non-ortho nitro benzene ring substituents is 1. The lowest BCUT2D eigenvalue weighted by molar-refractivity contribution is -0.384. The minimum Gasteiger partial charge on any atom is -0.281 e. The zero-order valence-electron chi connectivity index (χ0n) is 7.60. The Kier molecular flexibility index (Phi) is 2.89. The molecule has 0 aliphatic carbocycles. The van der Waals surface area contributed by atoms with Gasteiger partial charge in [0.25, 0.3) is 5.69 Å². The quantitative estimate of drug-likeness (QED) is 0.626. The summed E-state index contributed by atoms with van der Waals surface area (Å²) < 4.78 is 36.4. The highest BCUT2D eigenvalue weighted by atomic mass is 32.2. The lowest BCUT2D eigenvalue weighted by atomic mass is 10.3. The second-order valence-electron chi connectivity index (χ2n) is 2.80. The van der Waals surface area contributed by atoms with Gasteiger partial charge >= 0.3 is 0 Å². The van der Waals surface area contributed by atoms with E-state index >= 15 is 0 Å². The van der Waals surface area contributed by atoms with Crippen molar-refractivity contribution in [1.82, 2.24) is 0 Å². The molecule has 0 heterocycles. The second-order valence-corrected chi connectivity index (χ2v) is 4.54. The van der Waals surface area contributed by atoms with Crippen molar-refractivity contribution in [3.8, 4) is 0 Å². The van der Waals surface area contributed by atoms with E-state index in [1.54, 1.807) is 0 Å². The van der Waals surface area contributed by atoms with Crippen LogP contribution in [0, 0.1) is 15.9 Å². The molecule has 82 valence electrons. The van der Waals surface area contributed by atoms with Crippen LogP contribution in [0.3, 0.4) is 0 Å². The fourth-order valence-electron chi connectivity index (χ4n) is 0.905. The molecule has 1 rings (SSSR count). The minimum atomic E-state index is -3.65. The molecule has 1 aromatic carbocycles. The van der Waals surface area contributed by atoms with Crippen LogP contribution in [-0.4, -0.2) is 19.6 Å². The first-order valence-corrected chi connectivity index (χ1v) is 5.60. The molecule has 0 radical (unpaired) electrons. The summed E-state index contributed by atoms with van der Waals surface area (Å²) in [4.78, 5) is 9.59. The van der Waals surface area contributed by atoms with Crippen molar-refractivity contribution in [2.45, 2.75) is 0 Å². The molecule has 0 amide bonds. The van der Waals surface area contributed by atoms with Gasteiger partial charge in [0.2, 0.25) is 10.0 Å². The van der Waals surface area contributed by atoms with E-state index in [1.165, 1.54) is 0 Å². The Balaban J connectivity index is 3.17. The van der Waals surface area contributed by atoms with Gasteiger partial charge in [0.15, 0.2) is 0 Å². The molecule has 1 N–H and O–H groups in total. The number of hydrogen-bond acceptors (Lipinski definition) is 4. The summed E-state index contributed by atoms with van der Waals surface area (Å²) >= 11 is 0. The molecular weight excluding hydrogens is 227 g/mol. The number of hydrogen-bond donors (Lipinski definition) is 1. The lowest BCUT2D eigenvalue weighted by Crippen LogP contribution is -2.11. The number of nitro groups is 1.